The molecule has 0 amide bonds. The summed E-state index contributed by atoms with van der Waals surface area (Å²) in [5.74, 6) is 1.94. The molecule has 112 valence electrons. The minimum absolute atomic E-state index is 0.522. The van der Waals surface area contributed by atoms with Crippen molar-refractivity contribution in [3.63, 3.8) is 0 Å². The minimum atomic E-state index is 0.522. The largest absolute Gasteiger partial charge is 0.491 e. The zero-order chi connectivity index (χ0) is 15.2. The SMILES string of the molecule is COc1ccnc(NCCOc2cccc3ccccc23)n1. The van der Waals surface area contributed by atoms with Gasteiger partial charge in [-0.15, -0.1) is 0 Å². The van der Waals surface area contributed by atoms with Crippen molar-refractivity contribution in [3.05, 3.63) is 54.7 Å². The van der Waals surface area contributed by atoms with Gasteiger partial charge < -0.3 is 14.8 Å². The van der Waals surface area contributed by atoms with Gasteiger partial charge in [0.15, 0.2) is 0 Å². The fourth-order valence-corrected chi connectivity index (χ4v) is 2.19. The average Bonchev–Trinajstić information content (AvgIpc) is 2.59. The van der Waals surface area contributed by atoms with Crippen LogP contribution in [0.15, 0.2) is 54.7 Å². The van der Waals surface area contributed by atoms with E-state index in [1.54, 1.807) is 19.4 Å². The third-order valence-electron chi connectivity index (χ3n) is 3.23. The second kappa shape index (κ2) is 6.76. The van der Waals surface area contributed by atoms with Crippen molar-refractivity contribution in [2.75, 3.05) is 25.6 Å². The van der Waals surface area contributed by atoms with Gasteiger partial charge in [-0.3, -0.25) is 0 Å². The number of nitrogens with zero attached hydrogens (tertiary/aromatic N) is 2. The molecule has 3 aromatic rings. The Bertz CT molecular complexity index is 756. The number of aromatic nitrogens is 2. The average molecular weight is 295 g/mol. The molecule has 0 radical (unpaired) electrons. The van der Waals surface area contributed by atoms with E-state index in [2.05, 4.69) is 33.5 Å². The van der Waals surface area contributed by atoms with Gasteiger partial charge in [-0.2, -0.15) is 4.98 Å². The molecule has 22 heavy (non-hydrogen) atoms. The fourth-order valence-electron chi connectivity index (χ4n) is 2.19. The van der Waals surface area contributed by atoms with Crippen LogP contribution in [0.25, 0.3) is 10.8 Å². The van der Waals surface area contributed by atoms with Crippen LogP contribution in [0.3, 0.4) is 0 Å². The Morgan fingerprint density at radius 2 is 1.91 bits per heavy atom. The molecule has 0 aliphatic rings. The summed E-state index contributed by atoms with van der Waals surface area (Å²) in [6, 6.07) is 15.9. The van der Waals surface area contributed by atoms with Crippen molar-refractivity contribution in [2.24, 2.45) is 0 Å². The molecular weight excluding hydrogens is 278 g/mol. The van der Waals surface area contributed by atoms with Crippen LogP contribution in [0.2, 0.25) is 0 Å². The molecule has 3 rings (SSSR count). The first-order valence-electron chi connectivity index (χ1n) is 7.08. The van der Waals surface area contributed by atoms with Crippen molar-refractivity contribution in [1.82, 2.24) is 9.97 Å². The van der Waals surface area contributed by atoms with Crippen LogP contribution in [0, 0.1) is 0 Å². The molecule has 0 aliphatic heterocycles. The lowest BCUT2D eigenvalue weighted by Crippen LogP contribution is -2.13. The van der Waals surface area contributed by atoms with Crippen LogP contribution in [-0.4, -0.2) is 30.2 Å². The summed E-state index contributed by atoms with van der Waals surface area (Å²) in [5, 5.41) is 5.39. The van der Waals surface area contributed by atoms with E-state index in [4.69, 9.17) is 9.47 Å². The summed E-state index contributed by atoms with van der Waals surface area (Å²) < 4.78 is 10.9. The van der Waals surface area contributed by atoms with Gasteiger partial charge in [0.25, 0.3) is 0 Å². The van der Waals surface area contributed by atoms with E-state index >= 15 is 0 Å². The Morgan fingerprint density at radius 1 is 1.05 bits per heavy atom. The Labute approximate surface area is 128 Å². The summed E-state index contributed by atoms with van der Waals surface area (Å²) in [4.78, 5) is 8.31. The number of fused-ring (bicyclic) bond motifs is 1. The number of anilines is 1. The Morgan fingerprint density at radius 3 is 2.82 bits per heavy atom. The summed E-state index contributed by atoms with van der Waals surface area (Å²) >= 11 is 0. The van der Waals surface area contributed by atoms with Crippen molar-refractivity contribution >= 4 is 16.7 Å². The first kappa shape index (κ1) is 14.1. The molecule has 0 aliphatic carbocycles. The molecule has 2 aromatic carbocycles. The second-order valence-electron chi connectivity index (χ2n) is 4.68. The lowest BCUT2D eigenvalue weighted by molar-refractivity contribution is 0.336. The number of ether oxygens (including phenoxy) is 2. The number of rotatable bonds is 6. The minimum Gasteiger partial charge on any atom is -0.491 e. The molecule has 0 unspecified atom stereocenters. The van der Waals surface area contributed by atoms with Gasteiger partial charge in [0.2, 0.25) is 11.8 Å². The zero-order valence-electron chi connectivity index (χ0n) is 12.3. The van der Waals surface area contributed by atoms with Crippen molar-refractivity contribution in [2.45, 2.75) is 0 Å². The summed E-state index contributed by atoms with van der Waals surface area (Å²) in [6.45, 7) is 1.13. The van der Waals surface area contributed by atoms with Crippen molar-refractivity contribution < 1.29 is 9.47 Å². The number of benzene rings is 2. The Kier molecular flexibility index (Phi) is 4.34. The van der Waals surface area contributed by atoms with Crippen molar-refractivity contribution in [1.29, 1.82) is 0 Å². The molecule has 0 atom stereocenters. The highest BCUT2D eigenvalue weighted by Crippen LogP contribution is 2.24. The van der Waals surface area contributed by atoms with Crippen LogP contribution in [0.1, 0.15) is 0 Å². The van der Waals surface area contributed by atoms with Crippen LogP contribution in [-0.2, 0) is 0 Å². The fraction of sp³-hybridized carbons (Fsp3) is 0.176. The van der Waals surface area contributed by atoms with E-state index in [-0.39, 0.29) is 0 Å². The van der Waals surface area contributed by atoms with Crippen LogP contribution >= 0.6 is 0 Å². The molecule has 0 saturated carbocycles. The zero-order valence-corrected chi connectivity index (χ0v) is 12.3. The molecule has 5 heteroatoms. The highest BCUT2D eigenvalue weighted by Gasteiger charge is 2.02. The van der Waals surface area contributed by atoms with Crippen LogP contribution < -0.4 is 14.8 Å². The van der Waals surface area contributed by atoms with Gasteiger partial charge in [0.05, 0.1) is 13.7 Å². The molecule has 5 nitrogen and oxygen atoms in total. The van der Waals surface area contributed by atoms with E-state index in [0.29, 0.717) is 25.0 Å². The predicted octanol–water partition coefficient (Wildman–Crippen LogP) is 3.13. The summed E-state index contributed by atoms with van der Waals surface area (Å²) in [7, 11) is 1.58. The van der Waals surface area contributed by atoms with Gasteiger partial charge in [0, 0.05) is 17.6 Å². The molecular formula is C17H17N3O2. The van der Waals surface area contributed by atoms with Crippen molar-refractivity contribution in [3.8, 4) is 11.6 Å². The molecule has 0 bridgehead atoms. The second-order valence-corrected chi connectivity index (χ2v) is 4.68. The van der Waals surface area contributed by atoms with Gasteiger partial charge in [-0.05, 0) is 11.5 Å². The number of nitrogens with one attached hydrogen (secondary N) is 1. The van der Waals surface area contributed by atoms with Gasteiger partial charge in [0.1, 0.15) is 12.4 Å². The Hall–Kier alpha value is -2.82. The standard InChI is InChI=1S/C17H17N3O2/c1-21-16-9-10-18-17(20-16)19-11-12-22-15-8-4-6-13-5-2-3-7-14(13)15/h2-10H,11-12H2,1H3,(H,18,19,20). The van der Waals surface area contributed by atoms with Gasteiger partial charge in [-0.25, -0.2) is 4.98 Å². The molecule has 1 N–H and O–H groups in total. The van der Waals surface area contributed by atoms with Gasteiger partial charge in [-0.1, -0.05) is 36.4 Å². The third-order valence-corrected chi connectivity index (χ3v) is 3.23. The monoisotopic (exact) mass is 295 g/mol. The van der Waals surface area contributed by atoms with Gasteiger partial charge >= 0.3 is 0 Å². The van der Waals surface area contributed by atoms with E-state index in [9.17, 15) is 0 Å². The first-order valence-corrected chi connectivity index (χ1v) is 7.08. The number of hydrogen-bond donors (Lipinski definition) is 1. The predicted molar refractivity (Wildman–Crippen MR) is 86.5 cm³/mol. The molecule has 0 saturated heterocycles. The lowest BCUT2D eigenvalue weighted by atomic mass is 10.1. The smallest absolute Gasteiger partial charge is 0.226 e. The maximum Gasteiger partial charge on any atom is 0.226 e. The van der Waals surface area contributed by atoms with Crippen LogP contribution in [0.4, 0.5) is 5.95 Å². The Balaban J connectivity index is 1.58. The normalized spacial score (nSPS) is 10.4. The maximum atomic E-state index is 5.85. The molecule has 1 heterocycles. The number of methoxy groups -OCH3 is 1. The quantitative estimate of drug-likeness (QED) is 0.708. The molecule has 0 spiro atoms. The summed E-state index contributed by atoms with van der Waals surface area (Å²) in [5.41, 5.74) is 0. The van der Waals surface area contributed by atoms with E-state index in [1.807, 2.05) is 24.3 Å². The lowest BCUT2D eigenvalue weighted by Gasteiger charge is -2.10. The maximum absolute atomic E-state index is 5.85. The summed E-state index contributed by atoms with van der Waals surface area (Å²) in [6.07, 6.45) is 1.65. The molecule has 0 fully saturated rings. The highest BCUT2D eigenvalue weighted by molar-refractivity contribution is 5.88. The van der Waals surface area contributed by atoms with E-state index in [0.717, 1.165) is 11.1 Å². The third kappa shape index (κ3) is 3.25. The van der Waals surface area contributed by atoms with E-state index < -0.39 is 0 Å². The number of hydrogen-bond acceptors (Lipinski definition) is 5. The van der Waals surface area contributed by atoms with E-state index in [1.165, 1.54) is 5.39 Å². The highest BCUT2D eigenvalue weighted by atomic mass is 16.5. The van der Waals surface area contributed by atoms with Crippen LogP contribution in [0.5, 0.6) is 11.6 Å². The molecule has 1 aromatic heterocycles. The topological polar surface area (TPSA) is 56.3 Å². The first-order chi connectivity index (χ1) is 10.9.